The van der Waals surface area contributed by atoms with Gasteiger partial charge in [0.15, 0.2) is 5.75 Å². The zero-order valence-corrected chi connectivity index (χ0v) is 9.22. The van der Waals surface area contributed by atoms with Gasteiger partial charge in [0, 0.05) is 5.02 Å². The first-order chi connectivity index (χ1) is 7.08. The first kappa shape index (κ1) is 11.8. The highest BCUT2D eigenvalue weighted by atomic mass is 35.5. The Kier molecular flexibility index (Phi) is 3.94. The van der Waals surface area contributed by atoms with Gasteiger partial charge < -0.3 is 10.1 Å². The van der Waals surface area contributed by atoms with Crippen molar-refractivity contribution in [2.45, 2.75) is 0 Å². The van der Waals surface area contributed by atoms with Crippen LogP contribution in [-0.2, 0) is 9.59 Å². The van der Waals surface area contributed by atoms with Crippen LogP contribution in [0.15, 0.2) is 12.1 Å². The Morgan fingerprint density at radius 1 is 1.47 bits per heavy atom. The molecular formula is C9H7Cl2NO3. The van der Waals surface area contributed by atoms with E-state index in [9.17, 15) is 9.59 Å². The van der Waals surface area contributed by atoms with E-state index >= 15 is 0 Å². The first-order valence-electron chi connectivity index (χ1n) is 3.87. The molecule has 15 heavy (non-hydrogen) atoms. The largest absolute Gasteiger partial charge is 0.493 e. The molecule has 4 nitrogen and oxygen atoms in total. The van der Waals surface area contributed by atoms with Crippen LogP contribution in [0.1, 0.15) is 0 Å². The third-order valence-electron chi connectivity index (χ3n) is 1.58. The van der Waals surface area contributed by atoms with E-state index < -0.39 is 5.91 Å². The van der Waals surface area contributed by atoms with Crippen molar-refractivity contribution in [1.82, 2.24) is 0 Å². The fourth-order valence-corrected chi connectivity index (χ4v) is 1.59. The van der Waals surface area contributed by atoms with E-state index in [2.05, 4.69) is 5.32 Å². The summed E-state index contributed by atoms with van der Waals surface area (Å²) in [5.74, 6) is -0.539. The summed E-state index contributed by atoms with van der Waals surface area (Å²) in [5.41, 5.74) is 0.257. The molecule has 1 aromatic rings. The zero-order chi connectivity index (χ0) is 11.4. The Balaban J connectivity index is 3.14. The number of halogens is 2. The van der Waals surface area contributed by atoms with Crippen LogP contribution >= 0.6 is 23.2 Å². The Morgan fingerprint density at radius 2 is 2.13 bits per heavy atom. The molecule has 1 N–H and O–H groups in total. The van der Waals surface area contributed by atoms with Gasteiger partial charge in [-0.2, -0.15) is 0 Å². The van der Waals surface area contributed by atoms with Crippen LogP contribution in [0, 0.1) is 0 Å². The summed E-state index contributed by atoms with van der Waals surface area (Å²) in [5, 5.41) is 2.88. The van der Waals surface area contributed by atoms with Crippen molar-refractivity contribution in [3.63, 3.8) is 0 Å². The van der Waals surface area contributed by atoms with Crippen LogP contribution in [0.3, 0.4) is 0 Å². The van der Waals surface area contributed by atoms with Crippen LogP contribution < -0.4 is 10.1 Å². The fraction of sp³-hybridized carbons (Fsp3) is 0.111. The molecule has 6 heteroatoms. The van der Waals surface area contributed by atoms with E-state index in [1.165, 1.54) is 19.2 Å². The van der Waals surface area contributed by atoms with E-state index in [-0.39, 0.29) is 22.7 Å². The van der Waals surface area contributed by atoms with Gasteiger partial charge in [-0.1, -0.05) is 23.2 Å². The molecule has 0 heterocycles. The lowest BCUT2D eigenvalue weighted by atomic mass is 10.3. The number of amides is 1. The Bertz CT molecular complexity index is 407. The summed E-state index contributed by atoms with van der Waals surface area (Å²) < 4.78 is 4.96. The van der Waals surface area contributed by atoms with E-state index in [1.54, 1.807) is 0 Å². The normalized spacial score (nSPS) is 9.53. The quantitative estimate of drug-likeness (QED) is 0.658. The van der Waals surface area contributed by atoms with Crippen molar-refractivity contribution >= 4 is 41.1 Å². The number of methoxy groups -OCH3 is 1. The first-order valence-corrected chi connectivity index (χ1v) is 4.63. The van der Waals surface area contributed by atoms with E-state index in [0.29, 0.717) is 5.02 Å². The van der Waals surface area contributed by atoms with Gasteiger partial charge in [-0.05, 0) is 12.1 Å². The summed E-state index contributed by atoms with van der Waals surface area (Å²) in [6.45, 7) is 0. The number of rotatable bonds is 3. The van der Waals surface area contributed by atoms with Crippen molar-refractivity contribution in [1.29, 1.82) is 0 Å². The number of hydrogen-bond acceptors (Lipinski definition) is 3. The van der Waals surface area contributed by atoms with Crippen LogP contribution in [0.5, 0.6) is 5.75 Å². The van der Waals surface area contributed by atoms with Crippen LogP contribution in [0.2, 0.25) is 10.0 Å². The minimum atomic E-state index is -0.799. The number of nitrogens with one attached hydrogen (secondary N) is 1. The van der Waals surface area contributed by atoms with Gasteiger partial charge in [0.25, 0.3) is 5.91 Å². The number of benzene rings is 1. The van der Waals surface area contributed by atoms with Gasteiger partial charge in [0.05, 0.1) is 17.8 Å². The second kappa shape index (κ2) is 5.00. The summed E-state index contributed by atoms with van der Waals surface area (Å²) in [4.78, 5) is 21.0. The number of anilines is 1. The summed E-state index contributed by atoms with van der Waals surface area (Å²) in [6, 6.07) is 2.91. The molecule has 0 aliphatic carbocycles. The molecule has 0 unspecified atom stereocenters. The highest BCUT2D eigenvalue weighted by Gasteiger charge is 2.11. The van der Waals surface area contributed by atoms with Crippen molar-refractivity contribution < 1.29 is 14.3 Å². The predicted octanol–water partition coefficient (Wildman–Crippen LogP) is 2.14. The summed E-state index contributed by atoms with van der Waals surface area (Å²) >= 11 is 11.5. The summed E-state index contributed by atoms with van der Waals surface area (Å²) in [6.07, 6.45) is 0.147. The number of carbonyl (C=O) groups excluding carboxylic acids is 2. The molecule has 0 atom stereocenters. The minimum Gasteiger partial charge on any atom is -0.493 e. The lowest BCUT2D eigenvalue weighted by molar-refractivity contribution is -0.127. The standard InChI is InChI=1S/C9H7Cl2NO3/c1-15-9-6(11)2-5(10)3-7(9)12-8(14)4-13/h2-4H,1H3,(H,12,14). The maximum atomic E-state index is 10.9. The van der Waals surface area contributed by atoms with Gasteiger partial charge in [-0.25, -0.2) is 0 Å². The Labute approximate surface area is 96.1 Å². The van der Waals surface area contributed by atoms with Crippen molar-refractivity contribution in [3.8, 4) is 5.75 Å². The topological polar surface area (TPSA) is 55.4 Å². The number of ether oxygens (including phenoxy) is 1. The molecule has 0 saturated carbocycles. The lowest BCUT2D eigenvalue weighted by Crippen LogP contribution is -2.13. The third-order valence-corrected chi connectivity index (χ3v) is 2.08. The van der Waals surface area contributed by atoms with Gasteiger partial charge in [0.1, 0.15) is 0 Å². The van der Waals surface area contributed by atoms with Crippen LogP contribution in [-0.4, -0.2) is 19.3 Å². The third kappa shape index (κ3) is 2.84. The van der Waals surface area contributed by atoms with Gasteiger partial charge in [0.2, 0.25) is 6.29 Å². The smallest absolute Gasteiger partial charge is 0.288 e. The molecule has 1 amide bonds. The zero-order valence-electron chi connectivity index (χ0n) is 7.71. The van der Waals surface area contributed by atoms with Gasteiger partial charge >= 0.3 is 0 Å². The average molecular weight is 248 g/mol. The van der Waals surface area contributed by atoms with Crippen LogP contribution in [0.25, 0.3) is 0 Å². The maximum absolute atomic E-state index is 10.9. The van der Waals surface area contributed by atoms with E-state index in [1.807, 2.05) is 0 Å². The molecule has 0 aromatic heterocycles. The van der Waals surface area contributed by atoms with Crippen molar-refractivity contribution in [2.24, 2.45) is 0 Å². The average Bonchev–Trinajstić information content (AvgIpc) is 2.17. The highest BCUT2D eigenvalue weighted by molar-refractivity contribution is 6.37. The molecule has 80 valence electrons. The van der Waals surface area contributed by atoms with Gasteiger partial charge in [-0.15, -0.1) is 0 Å². The molecule has 0 saturated heterocycles. The second-order valence-electron chi connectivity index (χ2n) is 2.58. The van der Waals surface area contributed by atoms with Crippen molar-refractivity contribution in [3.05, 3.63) is 22.2 Å². The minimum absolute atomic E-state index is 0.147. The molecule has 0 radical (unpaired) electrons. The van der Waals surface area contributed by atoms with Crippen LogP contribution in [0.4, 0.5) is 5.69 Å². The molecule has 0 spiro atoms. The molecular weight excluding hydrogens is 241 g/mol. The number of carbonyl (C=O) groups is 2. The van der Waals surface area contributed by atoms with E-state index in [0.717, 1.165) is 0 Å². The Hall–Kier alpha value is -1.26. The van der Waals surface area contributed by atoms with Gasteiger partial charge in [-0.3, -0.25) is 9.59 Å². The SMILES string of the molecule is COc1c(Cl)cc(Cl)cc1NC(=O)C=O. The van der Waals surface area contributed by atoms with E-state index in [4.69, 9.17) is 27.9 Å². The summed E-state index contributed by atoms with van der Waals surface area (Å²) in [7, 11) is 1.39. The highest BCUT2D eigenvalue weighted by Crippen LogP contribution is 2.35. The second-order valence-corrected chi connectivity index (χ2v) is 3.42. The molecule has 0 aliphatic rings. The molecule has 0 fully saturated rings. The number of hydrogen-bond donors (Lipinski definition) is 1. The number of aldehydes is 1. The molecule has 0 aliphatic heterocycles. The monoisotopic (exact) mass is 247 g/mol. The predicted molar refractivity (Wildman–Crippen MR) is 57.7 cm³/mol. The fourth-order valence-electron chi connectivity index (χ4n) is 1.02. The molecule has 1 rings (SSSR count). The lowest BCUT2D eigenvalue weighted by Gasteiger charge is -2.10. The Morgan fingerprint density at radius 3 is 2.67 bits per heavy atom. The molecule has 0 bridgehead atoms. The van der Waals surface area contributed by atoms with Crippen molar-refractivity contribution in [2.75, 3.05) is 12.4 Å². The molecule has 1 aromatic carbocycles. The maximum Gasteiger partial charge on any atom is 0.288 e.